The standard InChI is InChI=1S/C29H38FNO/c1-2-3-4-5-6-7-8-9-10-11-12-15-21-32-29-23-28(24-17-16-18-25(30)22-24)31-27-20-14-13-19-26(27)29/h13-14,16-20,22-23H,2-12,15,21H2,1H3. The van der Waals surface area contributed by atoms with E-state index in [2.05, 4.69) is 6.92 Å². The van der Waals surface area contributed by atoms with Gasteiger partial charge in [-0.05, 0) is 30.7 Å². The third kappa shape index (κ3) is 7.93. The highest BCUT2D eigenvalue weighted by Gasteiger charge is 2.09. The van der Waals surface area contributed by atoms with Crippen LogP contribution in [0.2, 0.25) is 0 Å². The largest absolute Gasteiger partial charge is 0.493 e. The number of para-hydroxylation sites is 1. The molecule has 3 rings (SSSR count). The highest BCUT2D eigenvalue weighted by atomic mass is 19.1. The Bertz CT molecular complexity index is 939. The first-order chi connectivity index (χ1) is 15.8. The van der Waals surface area contributed by atoms with Crippen molar-refractivity contribution in [1.29, 1.82) is 0 Å². The predicted octanol–water partition coefficient (Wildman–Crippen LogP) is 9.12. The lowest BCUT2D eigenvalue weighted by Gasteiger charge is -2.12. The summed E-state index contributed by atoms with van der Waals surface area (Å²) in [5.74, 6) is 0.578. The van der Waals surface area contributed by atoms with Crippen molar-refractivity contribution in [3.05, 3.63) is 60.4 Å². The van der Waals surface area contributed by atoms with Crippen LogP contribution in [0.4, 0.5) is 4.39 Å². The summed E-state index contributed by atoms with van der Waals surface area (Å²) in [6, 6.07) is 16.5. The van der Waals surface area contributed by atoms with Gasteiger partial charge in [-0.3, -0.25) is 0 Å². The molecule has 2 nitrogen and oxygen atoms in total. The molecule has 0 amide bonds. The number of aromatic nitrogens is 1. The zero-order chi connectivity index (χ0) is 22.4. The van der Waals surface area contributed by atoms with Crippen LogP contribution >= 0.6 is 0 Å². The highest BCUT2D eigenvalue weighted by molar-refractivity contribution is 5.87. The molecular formula is C29H38FNO. The van der Waals surface area contributed by atoms with Crippen molar-refractivity contribution >= 4 is 10.9 Å². The molecular weight excluding hydrogens is 397 g/mol. The number of hydrogen-bond acceptors (Lipinski definition) is 2. The maximum Gasteiger partial charge on any atom is 0.130 e. The fourth-order valence-electron chi connectivity index (χ4n) is 4.18. The van der Waals surface area contributed by atoms with E-state index in [1.54, 1.807) is 6.07 Å². The lowest BCUT2D eigenvalue weighted by molar-refractivity contribution is 0.307. The molecule has 0 aliphatic carbocycles. The molecule has 0 aliphatic rings. The van der Waals surface area contributed by atoms with E-state index < -0.39 is 0 Å². The van der Waals surface area contributed by atoms with Crippen LogP contribution in [0.1, 0.15) is 84.0 Å². The van der Waals surface area contributed by atoms with Crippen LogP contribution < -0.4 is 4.74 Å². The molecule has 32 heavy (non-hydrogen) atoms. The average molecular weight is 436 g/mol. The van der Waals surface area contributed by atoms with Crippen molar-refractivity contribution in [2.75, 3.05) is 6.61 Å². The fraction of sp³-hybridized carbons (Fsp3) is 0.483. The molecule has 0 aliphatic heterocycles. The normalized spacial score (nSPS) is 11.2. The van der Waals surface area contributed by atoms with Gasteiger partial charge >= 0.3 is 0 Å². The minimum Gasteiger partial charge on any atom is -0.493 e. The predicted molar refractivity (Wildman–Crippen MR) is 134 cm³/mol. The molecule has 172 valence electrons. The Kier molecular flexibility index (Phi) is 10.5. The molecule has 1 aromatic heterocycles. The third-order valence-electron chi connectivity index (χ3n) is 6.05. The average Bonchev–Trinajstić information content (AvgIpc) is 2.82. The van der Waals surface area contributed by atoms with Crippen LogP contribution in [0, 0.1) is 5.82 Å². The molecule has 3 heteroatoms. The summed E-state index contributed by atoms with van der Waals surface area (Å²) in [5.41, 5.74) is 2.39. The number of nitrogens with zero attached hydrogens (tertiary/aromatic N) is 1. The number of pyridine rings is 1. The van der Waals surface area contributed by atoms with Gasteiger partial charge in [0.15, 0.2) is 0 Å². The number of rotatable bonds is 15. The molecule has 0 saturated heterocycles. The van der Waals surface area contributed by atoms with E-state index in [1.807, 2.05) is 36.4 Å². The second kappa shape index (κ2) is 13.9. The van der Waals surface area contributed by atoms with Gasteiger partial charge in [0.2, 0.25) is 0 Å². The highest BCUT2D eigenvalue weighted by Crippen LogP contribution is 2.30. The van der Waals surface area contributed by atoms with E-state index in [1.165, 1.54) is 82.8 Å². The Morgan fingerprint density at radius 3 is 2.06 bits per heavy atom. The Balaban J connectivity index is 1.41. The number of unbranched alkanes of at least 4 members (excludes halogenated alkanes) is 11. The van der Waals surface area contributed by atoms with Gasteiger partial charge in [0.25, 0.3) is 0 Å². The van der Waals surface area contributed by atoms with Crippen LogP contribution in [0.15, 0.2) is 54.6 Å². The first kappa shape index (κ1) is 24.2. The van der Waals surface area contributed by atoms with Crippen LogP contribution in [-0.2, 0) is 0 Å². The molecule has 0 saturated carbocycles. The number of hydrogen-bond donors (Lipinski definition) is 0. The molecule has 3 aromatic rings. The van der Waals surface area contributed by atoms with Gasteiger partial charge in [-0.15, -0.1) is 0 Å². The molecule has 0 unspecified atom stereocenters. The Morgan fingerprint density at radius 1 is 0.719 bits per heavy atom. The molecule has 1 heterocycles. The van der Waals surface area contributed by atoms with Gasteiger partial charge in [-0.2, -0.15) is 0 Å². The van der Waals surface area contributed by atoms with Gasteiger partial charge < -0.3 is 4.74 Å². The van der Waals surface area contributed by atoms with E-state index in [4.69, 9.17) is 9.72 Å². The maximum absolute atomic E-state index is 13.7. The van der Waals surface area contributed by atoms with Gasteiger partial charge in [-0.25, -0.2) is 9.37 Å². The Morgan fingerprint density at radius 2 is 1.38 bits per heavy atom. The molecule has 0 fully saturated rings. The van der Waals surface area contributed by atoms with Crippen LogP contribution in [0.25, 0.3) is 22.2 Å². The monoisotopic (exact) mass is 435 g/mol. The van der Waals surface area contributed by atoms with Crippen molar-refractivity contribution in [2.45, 2.75) is 84.0 Å². The van der Waals surface area contributed by atoms with Crippen molar-refractivity contribution in [1.82, 2.24) is 4.98 Å². The summed E-state index contributed by atoms with van der Waals surface area (Å²) in [5, 5.41) is 1.01. The fourth-order valence-corrected chi connectivity index (χ4v) is 4.18. The van der Waals surface area contributed by atoms with Gasteiger partial charge in [0, 0.05) is 17.0 Å². The molecule has 0 N–H and O–H groups in total. The van der Waals surface area contributed by atoms with Crippen molar-refractivity contribution in [3.8, 4) is 17.0 Å². The lowest BCUT2D eigenvalue weighted by Crippen LogP contribution is -1.99. The molecule has 0 atom stereocenters. The minimum absolute atomic E-state index is 0.253. The number of ether oxygens (including phenoxy) is 1. The summed E-state index contributed by atoms with van der Waals surface area (Å²) in [4.78, 5) is 4.71. The lowest BCUT2D eigenvalue weighted by atomic mass is 10.1. The number of halogens is 1. The summed E-state index contributed by atoms with van der Waals surface area (Å²) in [6.07, 6.45) is 16.0. The molecule has 2 aromatic carbocycles. The van der Waals surface area contributed by atoms with Crippen LogP contribution in [0.5, 0.6) is 5.75 Å². The van der Waals surface area contributed by atoms with Crippen molar-refractivity contribution < 1.29 is 9.13 Å². The second-order valence-corrected chi connectivity index (χ2v) is 8.77. The smallest absolute Gasteiger partial charge is 0.130 e. The Hall–Kier alpha value is -2.42. The zero-order valence-corrected chi connectivity index (χ0v) is 19.6. The summed E-state index contributed by atoms with van der Waals surface area (Å²) >= 11 is 0. The molecule has 0 radical (unpaired) electrons. The second-order valence-electron chi connectivity index (χ2n) is 8.77. The van der Waals surface area contributed by atoms with Crippen LogP contribution in [-0.4, -0.2) is 11.6 Å². The Labute approximate surface area is 193 Å². The van der Waals surface area contributed by atoms with E-state index in [-0.39, 0.29) is 5.82 Å². The summed E-state index contributed by atoms with van der Waals surface area (Å²) < 4.78 is 19.9. The molecule has 0 bridgehead atoms. The third-order valence-corrected chi connectivity index (χ3v) is 6.05. The van der Waals surface area contributed by atoms with Crippen molar-refractivity contribution in [2.24, 2.45) is 0 Å². The maximum atomic E-state index is 13.7. The quantitative estimate of drug-likeness (QED) is 0.222. The minimum atomic E-state index is -0.253. The van der Waals surface area contributed by atoms with Crippen LogP contribution in [0.3, 0.4) is 0 Å². The van der Waals surface area contributed by atoms with Crippen molar-refractivity contribution in [3.63, 3.8) is 0 Å². The van der Waals surface area contributed by atoms with E-state index in [0.717, 1.165) is 34.3 Å². The molecule has 0 spiro atoms. The van der Waals surface area contributed by atoms with Gasteiger partial charge in [0.1, 0.15) is 11.6 Å². The van der Waals surface area contributed by atoms with E-state index >= 15 is 0 Å². The van der Waals surface area contributed by atoms with Gasteiger partial charge in [-0.1, -0.05) is 102 Å². The zero-order valence-electron chi connectivity index (χ0n) is 19.6. The van der Waals surface area contributed by atoms with Gasteiger partial charge in [0.05, 0.1) is 17.8 Å². The number of benzene rings is 2. The summed E-state index contributed by atoms with van der Waals surface area (Å²) in [6.45, 7) is 2.97. The first-order valence-electron chi connectivity index (χ1n) is 12.6. The number of fused-ring (bicyclic) bond motifs is 1. The van der Waals surface area contributed by atoms with E-state index in [0.29, 0.717) is 6.61 Å². The SMILES string of the molecule is CCCCCCCCCCCCCCOc1cc(-c2cccc(F)c2)nc2ccccc12. The first-order valence-corrected chi connectivity index (χ1v) is 12.6. The summed E-state index contributed by atoms with van der Waals surface area (Å²) in [7, 11) is 0. The van der Waals surface area contributed by atoms with E-state index in [9.17, 15) is 4.39 Å². The topological polar surface area (TPSA) is 22.1 Å².